The third kappa shape index (κ3) is 4.87. The van der Waals surface area contributed by atoms with Crippen molar-refractivity contribution in [3.8, 4) is 22.3 Å². The molecule has 0 fully saturated rings. The summed E-state index contributed by atoms with van der Waals surface area (Å²) in [5, 5.41) is 12.2. The maximum Gasteiger partial charge on any atom is 0.136 e. The maximum absolute atomic E-state index is 6.48. The van der Waals surface area contributed by atoms with Crippen LogP contribution < -0.4 is 10.6 Å². The Morgan fingerprint density at radius 3 is 1.89 bits per heavy atom. The van der Waals surface area contributed by atoms with Crippen molar-refractivity contribution in [2.24, 2.45) is 4.99 Å². The van der Waals surface area contributed by atoms with Crippen LogP contribution in [0.3, 0.4) is 0 Å². The minimum absolute atomic E-state index is 0.212. The Labute approximate surface area is 273 Å². The predicted octanol–water partition coefficient (Wildman–Crippen LogP) is 10.4. The van der Waals surface area contributed by atoms with E-state index >= 15 is 0 Å². The fraction of sp³-hybridized carbons (Fsp3) is 0.0465. The van der Waals surface area contributed by atoms with Crippen molar-refractivity contribution in [3.05, 3.63) is 180 Å². The molecule has 2 atom stereocenters. The highest BCUT2D eigenvalue weighted by Gasteiger charge is 2.29. The van der Waals surface area contributed by atoms with Crippen molar-refractivity contribution < 1.29 is 4.42 Å². The Kier molecular flexibility index (Phi) is 6.65. The molecule has 0 radical (unpaired) electrons. The second kappa shape index (κ2) is 11.4. The van der Waals surface area contributed by atoms with E-state index in [-0.39, 0.29) is 12.3 Å². The number of amidine groups is 1. The Morgan fingerprint density at radius 2 is 1.13 bits per heavy atom. The largest absolute Gasteiger partial charge is 0.456 e. The van der Waals surface area contributed by atoms with E-state index in [2.05, 4.69) is 150 Å². The summed E-state index contributed by atoms with van der Waals surface area (Å²) in [6, 6.07) is 57.4. The van der Waals surface area contributed by atoms with Gasteiger partial charge in [0.25, 0.3) is 0 Å². The molecular weight excluding hydrogens is 574 g/mol. The predicted molar refractivity (Wildman–Crippen MR) is 193 cm³/mol. The van der Waals surface area contributed by atoms with Crippen LogP contribution in [0, 0.1) is 0 Å². The van der Waals surface area contributed by atoms with E-state index in [0.29, 0.717) is 0 Å². The molecule has 8 aromatic rings. The molecule has 0 amide bonds. The third-order valence-corrected chi connectivity index (χ3v) is 9.17. The first kappa shape index (κ1) is 27.3. The van der Waals surface area contributed by atoms with Crippen LogP contribution in [0.25, 0.3) is 55.0 Å². The highest BCUT2D eigenvalue weighted by atomic mass is 16.3. The van der Waals surface area contributed by atoms with Crippen LogP contribution in [0.1, 0.15) is 29.0 Å². The topological polar surface area (TPSA) is 49.6 Å². The molecule has 0 saturated carbocycles. The molecule has 224 valence electrons. The molecule has 7 aromatic carbocycles. The summed E-state index contributed by atoms with van der Waals surface area (Å²) in [6.45, 7) is 0. The molecule has 9 rings (SSSR count). The molecule has 0 spiro atoms. The van der Waals surface area contributed by atoms with Gasteiger partial charge in [0, 0.05) is 16.3 Å². The van der Waals surface area contributed by atoms with Crippen LogP contribution in [0.4, 0.5) is 0 Å². The fourth-order valence-corrected chi connectivity index (χ4v) is 6.94. The van der Waals surface area contributed by atoms with Crippen molar-refractivity contribution in [1.82, 2.24) is 10.6 Å². The van der Waals surface area contributed by atoms with Gasteiger partial charge in [-0.05, 0) is 62.4 Å². The first-order valence-electron chi connectivity index (χ1n) is 16.0. The number of fused-ring (bicyclic) bond motifs is 4. The molecule has 0 saturated heterocycles. The number of aliphatic imine (C=N–C) groups is 1. The SMILES string of the molecule is c1ccc(-c2cc(C3=NC(c4ccccc4)NC(c4ccc(-c5ccccc5)c5ccccc45)N3)c3c(c2)oc2ccccc23)cc1. The second-order valence-corrected chi connectivity index (χ2v) is 12.0. The molecule has 0 aliphatic carbocycles. The molecule has 47 heavy (non-hydrogen) atoms. The van der Waals surface area contributed by atoms with E-state index in [0.717, 1.165) is 50.0 Å². The molecule has 2 heterocycles. The summed E-state index contributed by atoms with van der Waals surface area (Å²) >= 11 is 0. The quantitative estimate of drug-likeness (QED) is 0.205. The number of para-hydroxylation sites is 1. The van der Waals surface area contributed by atoms with Gasteiger partial charge in [0.05, 0.1) is 0 Å². The van der Waals surface area contributed by atoms with Crippen LogP contribution in [0.2, 0.25) is 0 Å². The van der Waals surface area contributed by atoms with Crippen LogP contribution in [0.5, 0.6) is 0 Å². The van der Waals surface area contributed by atoms with Crippen molar-refractivity contribution in [2.45, 2.75) is 12.3 Å². The molecule has 1 aliphatic rings. The zero-order chi connectivity index (χ0) is 31.2. The molecule has 2 N–H and O–H groups in total. The van der Waals surface area contributed by atoms with Gasteiger partial charge in [0.2, 0.25) is 0 Å². The lowest BCUT2D eigenvalue weighted by Gasteiger charge is -2.33. The van der Waals surface area contributed by atoms with Gasteiger partial charge >= 0.3 is 0 Å². The first-order chi connectivity index (χ1) is 23.3. The highest BCUT2D eigenvalue weighted by Crippen LogP contribution is 2.38. The molecular formula is C43H31N3O. The summed E-state index contributed by atoms with van der Waals surface area (Å²) in [5.41, 5.74) is 9.63. The Bertz CT molecular complexity index is 2410. The van der Waals surface area contributed by atoms with Crippen LogP contribution >= 0.6 is 0 Å². The van der Waals surface area contributed by atoms with Gasteiger partial charge in [0.15, 0.2) is 0 Å². The number of hydrogen-bond acceptors (Lipinski definition) is 4. The van der Waals surface area contributed by atoms with E-state index in [9.17, 15) is 0 Å². The molecule has 1 aromatic heterocycles. The van der Waals surface area contributed by atoms with Gasteiger partial charge < -0.3 is 9.73 Å². The standard InChI is InChI=1S/C43H31N3O/c1-4-14-28(15-5-1)31-26-37(40-36-22-12-13-23-38(36)47-39(40)27-31)43-45-41(30-18-8-3-9-19-30)44-42(46-43)35-25-24-32(29-16-6-2-7-17-29)33-20-10-11-21-34(33)35/h1-27,41-42,44H,(H,45,46). The molecule has 1 aliphatic heterocycles. The summed E-state index contributed by atoms with van der Waals surface area (Å²) in [5.74, 6) is 0.827. The van der Waals surface area contributed by atoms with Crippen molar-refractivity contribution in [3.63, 3.8) is 0 Å². The smallest absolute Gasteiger partial charge is 0.136 e. The van der Waals surface area contributed by atoms with Crippen molar-refractivity contribution in [1.29, 1.82) is 0 Å². The lowest BCUT2D eigenvalue weighted by atomic mass is 9.93. The van der Waals surface area contributed by atoms with E-state index in [4.69, 9.17) is 9.41 Å². The number of nitrogens with zero attached hydrogens (tertiary/aromatic N) is 1. The van der Waals surface area contributed by atoms with E-state index < -0.39 is 0 Å². The fourth-order valence-electron chi connectivity index (χ4n) is 6.94. The number of nitrogens with one attached hydrogen (secondary N) is 2. The van der Waals surface area contributed by atoms with Crippen molar-refractivity contribution in [2.75, 3.05) is 0 Å². The van der Waals surface area contributed by atoms with Crippen molar-refractivity contribution >= 4 is 38.5 Å². The summed E-state index contributed by atoms with van der Waals surface area (Å²) in [7, 11) is 0. The Balaban J connectivity index is 1.25. The molecule has 0 bridgehead atoms. The summed E-state index contributed by atoms with van der Waals surface area (Å²) < 4.78 is 6.48. The lowest BCUT2D eigenvalue weighted by molar-refractivity contribution is 0.411. The van der Waals surface area contributed by atoms with Gasteiger partial charge in [-0.3, -0.25) is 5.32 Å². The number of benzene rings is 7. The summed E-state index contributed by atoms with van der Waals surface area (Å²) in [4.78, 5) is 5.37. The zero-order valence-electron chi connectivity index (χ0n) is 25.6. The molecule has 4 heteroatoms. The highest BCUT2D eigenvalue weighted by molar-refractivity contribution is 6.19. The number of rotatable bonds is 5. The zero-order valence-corrected chi connectivity index (χ0v) is 25.6. The van der Waals surface area contributed by atoms with E-state index in [1.807, 2.05) is 24.3 Å². The first-order valence-corrected chi connectivity index (χ1v) is 16.0. The van der Waals surface area contributed by atoms with Crippen LogP contribution in [-0.4, -0.2) is 5.84 Å². The average Bonchev–Trinajstić information content (AvgIpc) is 3.53. The number of hydrogen-bond donors (Lipinski definition) is 2. The minimum atomic E-state index is -0.265. The van der Waals surface area contributed by atoms with Crippen LogP contribution in [0.15, 0.2) is 173 Å². The Hall–Kier alpha value is -5.97. The van der Waals surface area contributed by atoms with Gasteiger partial charge in [-0.25, -0.2) is 4.99 Å². The van der Waals surface area contributed by atoms with Crippen LogP contribution in [-0.2, 0) is 0 Å². The third-order valence-electron chi connectivity index (χ3n) is 9.17. The normalized spacial score (nSPS) is 16.3. The summed E-state index contributed by atoms with van der Waals surface area (Å²) in [6.07, 6.45) is -0.477. The Morgan fingerprint density at radius 1 is 0.489 bits per heavy atom. The maximum atomic E-state index is 6.48. The molecule has 4 nitrogen and oxygen atoms in total. The van der Waals surface area contributed by atoms with Gasteiger partial charge in [-0.2, -0.15) is 0 Å². The van der Waals surface area contributed by atoms with E-state index in [1.54, 1.807) is 0 Å². The lowest BCUT2D eigenvalue weighted by Crippen LogP contribution is -2.45. The number of furan rings is 1. The second-order valence-electron chi connectivity index (χ2n) is 12.0. The molecule has 2 unspecified atom stereocenters. The van der Waals surface area contributed by atoms with E-state index in [1.165, 1.54) is 27.5 Å². The monoisotopic (exact) mass is 605 g/mol. The average molecular weight is 606 g/mol. The van der Waals surface area contributed by atoms with Gasteiger partial charge in [-0.15, -0.1) is 0 Å². The van der Waals surface area contributed by atoms with Gasteiger partial charge in [-0.1, -0.05) is 146 Å². The minimum Gasteiger partial charge on any atom is -0.456 e. The van der Waals surface area contributed by atoms with Gasteiger partial charge in [0.1, 0.15) is 29.3 Å².